The van der Waals surface area contributed by atoms with Gasteiger partial charge in [-0.1, -0.05) is 27.7 Å². The van der Waals surface area contributed by atoms with E-state index in [1.54, 1.807) is 13.3 Å². The van der Waals surface area contributed by atoms with E-state index in [0.717, 1.165) is 56.1 Å². The first-order chi connectivity index (χ1) is 25.0. The molecule has 52 heavy (non-hydrogen) atoms. The Hall–Kier alpha value is -4.84. The standard InChI is InChI=1S/C22H33N5O2.C19H22N4/c1-17(2)20-15-27(8-7-26-9-12-29-13-10-26)21-5-4-18(14-19(20)21)22(23)25-16-24-6-11-28-3;1-12(2)16-11-23(4)17-6-5-14(10-15(16)17)19(20)22-18-9-13(3)7-8-21-18/h4-5,14-17H,6-13H2,1-3H3,(H2,23,24,25);5-12H,1-4H3,(H2,20,21,22). The summed E-state index contributed by atoms with van der Waals surface area (Å²) in [4.78, 5) is 19.6. The molecule has 5 aromatic rings. The smallest absolute Gasteiger partial charge is 0.154 e. The van der Waals surface area contributed by atoms with Gasteiger partial charge in [-0.15, -0.1) is 0 Å². The van der Waals surface area contributed by atoms with Gasteiger partial charge < -0.3 is 30.1 Å². The van der Waals surface area contributed by atoms with Crippen molar-refractivity contribution in [2.45, 2.75) is 53.0 Å². The number of hydrogen-bond donors (Lipinski definition) is 2. The predicted octanol–water partition coefficient (Wildman–Crippen LogP) is 6.52. The van der Waals surface area contributed by atoms with E-state index in [1.165, 1.54) is 39.3 Å². The molecule has 0 amide bonds. The summed E-state index contributed by atoms with van der Waals surface area (Å²) in [5.74, 6) is 2.50. The first kappa shape index (κ1) is 38.4. The Morgan fingerprint density at radius 2 is 1.54 bits per heavy atom. The molecule has 1 saturated heterocycles. The molecule has 11 nitrogen and oxygen atoms in total. The summed E-state index contributed by atoms with van der Waals surface area (Å²) in [6.45, 7) is 17.7. The molecule has 11 heteroatoms. The van der Waals surface area contributed by atoms with Crippen LogP contribution in [0.1, 0.15) is 67.3 Å². The topological polar surface area (TPSA) is 134 Å². The van der Waals surface area contributed by atoms with Crippen LogP contribution in [0, 0.1) is 6.92 Å². The maximum Gasteiger partial charge on any atom is 0.154 e. The van der Waals surface area contributed by atoms with Gasteiger partial charge in [0.1, 0.15) is 18.0 Å². The summed E-state index contributed by atoms with van der Waals surface area (Å²) in [6.07, 6.45) is 7.74. The number of rotatable bonds is 12. The van der Waals surface area contributed by atoms with E-state index in [-0.39, 0.29) is 0 Å². The quantitative estimate of drug-likeness (QED) is 0.0863. The number of aryl methyl sites for hydroxylation is 2. The van der Waals surface area contributed by atoms with Gasteiger partial charge in [0.05, 0.1) is 26.4 Å². The van der Waals surface area contributed by atoms with Crippen LogP contribution in [0.4, 0.5) is 5.82 Å². The van der Waals surface area contributed by atoms with E-state index in [1.807, 2.05) is 31.2 Å². The molecule has 0 unspecified atom stereocenters. The number of pyridine rings is 1. The number of amidine groups is 2. The normalized spacial score (nSPS) is 14.6. The van der Waals surface area contributed by atoms with Crippen LogP contribution >= 0.6 is 0 Å². The number of benzene rings is 2. The number of aliphatic imine (C=N–C) groups is 3. The zero-order valence-corrected chi connectivity index (χ0v) is 31.8. The number of nitrogens with zero attached hydrogens (tertiary/aromatic N) is 7. The van der Waals surface area contributed by atoms with Gasteiger partial charge in [-0.3, -0.25) is 9.89 Å². The summed E-state index contributed by atoms with van der Waals surface area (Å²) < 4.78 is 14.9. The lowest BCUT2D eigenvalue weighted by atomic mass is 10.0. The van der Waals surface area contributed by atoms with Crippen molar-refractivity contribution in [1.82, 2.24) is 19.0 Å². The van der Waals surface area contributed by atoms with E-state index >= 15 is 0 Å². The Balaban J connectivity index is 0.000000206. The van der Waals surface area contributed by atoms with Crippen molar-refractivity contribution in [3.8, 4) is 0 Å². The molecule has 1 aliphatic rings. The first-order valence-electron chi connectivity index (χ1n) is 18.2. The van der Waals surface area contributed by atoms with Gasteiger partial charge in [-0.05, 0) is 84.0 Å². The van der Waals surface area contributed by atoms with E-state index in [9.17, 15) is 0 Å². The van der Waals surface area contributed by atoms with Crippen molar-refractivity contribution in [3.63, 3.8) is 0 Å². The third-order valence-corrected chi connectivity index (χ3v) is 9.37. The van der Waals surface area contributed by atoms with Crippen molar-refractivity contribution in [2.24, 2.45) is 33.5 Å². The molecule has 276 valence electrons. The monoisotopic (exact) mass is 705 g/mol. The van der Waals surface area contributed by atoms with E-state index in [2.05, 4.69) is 105 Å². The predicted molar refractivity (Wildman–Crippen MR) is 216 cm³/mol. The molecule has 0 radical (unpaired) electrons. The summed E-state index contributed by atoms with van der Waals surface area (Å²) in [5.41, 5.74) is 20.5. The zero-order valence-electron chi connectivity index (χ0n) is 31.8. The average molecular weight is 706 g/mol. The summed E-state index contributed by atoms with van der Waals surface area (Å²) in [7, 11) is 3.73. The van der Waals surface area contributed by atoms with Crippen molar-refractivity contribution < 1.29 is 9.47 Å². The lowest BCUT2D eigenvalue weighted by molar-refractivity contribution is 0.0365. The Bertz CT molecular complexity index is 2030. The number of ether oxygens (including phenoxy) is 2. The summed E-state index contributed by atoms with van der Waals surface area (Å²) in [6, 6.07) is 16.5. The highest BCUT2D eigenvalue weighted by Gasteiger charge is 2.16. The van der Waals surface area contributed by atoms with E-state index in [4.69, 9.17) is 20.9 Å². The Kier molecular flexibility index (Phi) is 13.3. The molecular weight excluding hydrogens is 651 g/mol. The van der Waals surface area contributed by atoms with Crippen molar-refractivity contribution >= 4 is 45.6 Å². The van der Waals surface area contributed by atoms with E-state index in [0.29, 0.717) is 42.5 Å². The van der Waals surface area contributed by atoms with Gasteiger partial charge in [0.15, 0.2) is 5.82 Å². The number of morpholine rings is 1. The van der Waals surface area contributed by atoms with Crippen LogP contribution in [0.15, 0.2) is 82.1 Å². The third kappa shape index (κ3) is 9.73. The average Bonchev–Trinajstić information content (AvgIpc) is 3.68. The molecule has 0 spiro atoms. The fraction of sp³-hybridized carbons (Fsp3) is 0.415. The highest BCUT2D eigenvalue weighted by molar-refractivity contribution is 6.04. The second-order valence-corrected chi connectivity index (χ2v) is 13.9. The fourth-order valence-electron chi connectivity index (χ4n) is 6.39. The molecule has 2 aromatic carbocycles. The van der Waals surface area contributed by atoms with Crippen LogP contribution in [0.5, 0.6) is 0 Å². The molecule has 0 saturated carbocycles. The van der Waals surface area contributed by atoms with Gasteiger partial charge in [0.25, 0.3) is 0 Å². The Morgan fingerprint density at radius 1 is 0.885 bits per heavy atom. The molecule has 4 N–H and O–H groups in total. The molecular formula is C41H55N9O2. The molecule has 4 heterocycles. The van der Waals surface area contributed by atoms with Gasteiger partial charge in [0, 0.05) is 91.9 Å². The maximum atomic E-state index is 6.20. The summed E-state index contributed by atoms with van der Waals surface area (Å²) in [5, 5.41) is 2.48. The molecule has 1 fully saturated rings. The zero-order chi connectivity index (χ0) is 37.2. The Morgan fingerprint density at radius 3 is 2.21 bits per heavy atom. The van der Waals surface area contributed by atoms with Crippen LogP contribution in [-0.2, 0) is 23.1 Å². The van der Waals surface area contributed by atoms with Crippen molar-refractivity contribution in [1.29, 1.82) is 0 Å². The number of nitrogens with two attached hydrogens (primary N) is 2. The highest BCUT2D eigenvalue weighted by atomic mass is 16.5. The molecule has 1 aliphatic heterocycles. The van der Waals surface area contributed by atoms with Crippen LogP contribution in [0.2, 0.25) is 0 Å². The van der Waals surface area contributed by atoms with Gasteiger partial charge in [-0.25, -0.2) is 15.0 Å². The summed E-state index contributed by atoms with van der Waals surface area (Å²) >= 11 is 0. The van der Waals surface area contributed by atoms with Crippen LogP contribution in [0.25, 0.3) is 21.8 Å². The minimum atomic E-state index is 0.436. The van der Waals surface area contributed by atoms with Crippen LogP contribution < -0.4 is 11.5 Å². The molecule has 0 bridgehead atoms. The minimum absolute atomic E-state index is 0.436. The second kappa shape index (κ2) is 18.1. The number of fused-ring (bicyclic) bond motifs is 2. The second-order valence-electron chi connectivity index (χ2n) is 13.9. The maximum absolute atomic E-state index is 6.20. The fourth-order valence-corrected chi connectivity index (χ4v) is 6.39. The van der Waals surface area contributed by atoms with Gasteiger partial charge in [-0.2, -0.15) is 0 Å². The largest absolute Gasteiger partial charge is 0.383 e. The van der Waals surface area contributed by atoms with E-state index < -0.39 is 0 Å². The highest BCUT2D eigenvalue weighted by Crippen LogP contribution is 2.30. The Labute approximate surface area is 308 Å². The van der Waals surface area contributed by atoms with Crippen LogP contribution in [0.3, 0.4) is 0 Å². The SMILES string of the molecule is COCCN=CN=C(N)c1ccc2c(c1)c(C(C)C)cn2CCN1CCOCC1.Cc1ccnc(N=C(N)c2ccc3c(c2)c(C(C)C)cn3C)c1. The molecule has 0 atom stereocenters. The minimum Gasteiger partial charge on any atom is -0.383 e. The molecule has 0 aliphatic carbocycles. The van der Waals surface area contributed by atoms with Crippen molar-refractivity contribution in [3.05, 3.63) is 94.9 Å². The lowest BCUT2D eigenvalue weighted by Gasteiger charge is -2.26. The van der Waals surface area contributed by atoms with Crippen molar-refractivity contribution in [2.75, 3.05) is 53.1 Å². The number of hydrogen-bond acceptors (Lipinski definition) is 6. The van der Waals surface area contributed by atoms with Gasteiger partial charge in [0.2, 0.25) is 0 Å². The number of aromatic nitrogens is 3. The lowest BCUT2D eigenvalue weighted by Crippen LogP contribution is -2.38. The van der Waals surface area contributed by atoms with Crippen LogP contribution in [-0.4, -0.2) is 90.1 Å². The first-order valence-corrected chi connectivity index (χ1v) is 18.2. The number of methoxy groups -OCH3 is 1. The molecule has 6 rings (SSSR count). The third-order valence-electron chi connectivity index (χ3n) is 9.37. The van der Waals surface area contributed by atoms with Gasteiger partial charge >= 0.3 is 0 Å². The molecule has 3 aromatic heterocycles.